The van der Waals surface area contributed by atoms with Crippen LogP contribution in [0.25, 0.3) is 0 Å². The van der Waals surface area contributed by atoms with E-state index in [4.69, 9.17) is 11.6 Å². The number of hydrogen-bond donors (Lipinski definition) is 3. The van der Waals surface area contributed by atoms with Crippen molar-refractivity contribution in [2.24, 2.45) is 11.6 Å². The molecule has 1 atom stereocenters. The number of hydrazine groups is 1. The largest absolute Gasteiger partial charge is 0.328 e. The molecule has 0 aromatic heterocycles. The maximum absolute atomic E-state index is 11.1. The molecule has 1 unspecified atom stereocenters. The fourth-order valence-electron chi connectivity index (χ4n) is 1.45. The second kappa shape index (κ2) is 8.13. The van der Waals surface area contributed by atoms with Crippen LogP contribution in [-0.4, -0.2) is 17.7 Å². The molecule has 0 spiro atoms. The van der Waals surface area contributed by atoms with E-state index in [2.05, 4.69) is 17.6 Å². The lowest BCUT2D eigenvalue weighted by atomic mass is 10.1. The summed E-state index contributed by atoms with van der Waals surface area (Å²) in [5.74, 6) is 6.93. The highest BCUT2D eigenvalue weighted by Crippen LogP contribution is 2.14. The highest BCUT2D eigenvalue weighted by Gasteiger charge is 2.01. The standard InChI is InChI=1S/C13H21N3OS/c1-10(14)6-7-18-9-12-4-2-11(3-5-12)8-13(17)16-15/h2-5,10H,6-9,14-15H2,1H3,(H,16,17). The number of thioether (sulfide) groups is 1. The maximum atomic E-state index is 11.1. The van der Waals surface area contributed by atoms with Crippen LogP contribution < -0.4 is 17.0 Å². The summed E-state index contributed by atoms with van der Waals surface area (Å²) in [4.78, 5) is 11.1. The summed E-state index contributed by atoms with van der Waals surface area (Å²) in [5, 5.41) is 0. The highest BCUT2D eigenvalue weighted by molar-refractivity contribution is 7.98. The average molecular weight is 267 g/mol. The molecule has 0 aliphatic rings. The summed E-state index contributed by atoms with van der Waals surface area (Å²) in [6.07, 6.45) is 1.37. The third-order valence-corrected chi connectivity index (χ3v) is 3.60. The smallest absolute Gasteiger partial charge is 0.238 e. The number of amides is 1. The molecule has 0 aliphatic heterocycles. The van der Waals surface area contributed by atoms with Crippen molar-refractivity contribution in [2.75, 3.05) is 5.75 Å². The van der Waals surface area contributed by atoms with Crippen LogP contribution in [0.1, 0.15) is 24.5 Å². The monoisotopic (exact) mass is 267 g/mol. The molecule has 0 heterocycles. The van der Waals surface area contributed by atoms with Crippen molar-refractivity contribution in [3.8, 4) is 0 Å². The van der Waals surface area contributed by atoms with Gasteiger partial charge >= 0.3 is 0 Å². The summed E-state index contributed by atoms with van der Waals surface area (Å²) >= 11 is 1.88. The molecule has 4 nitrogen and oxygen atoms in total. The van der Waals surface area contributed by atoms with Crippen molar-refractivity contribution >= 4 is 17.7 Å². The molecule has 100 valence electrons. The number of carbonyl (C=O) groups is 1. The Morgan fingerprint density at radius 2 is 1.94 bits per heavy atom. The topological polar surface area (TPSA) is 81.1 Å². The third-order valence-electron chi connectivity index (χ3n) is 2.53. The summed E-state index contributed by atoms with van der Waals surface area (Å²) in [6, 6.07) is 8.32. The fraction of sp³-hybridized carbons (Fsp3) is 0.462. The fourth-order valence-corrected chi connectivity index (χ4v) is 2.56. The van der Waals surface area contributed by atoms with Crippen molar-refractivity contribution in [3.63, 3.8) is 0 Å². The molecule has 0 bridgehead atoms. The quantitative estimate of drug-likeness (QED) is 0.300. The van der Waals surface area contributed by atoms with Gasteiger partial charge in [-0.3, -0.25) is 10.2 Å². The molecule has 0 aliphatic carbocycles. The Morgan fingerprint density at radius 1 is 1.33 bits per heavy atom. The molecule has 1 amide bonds. The lowest BCUT2D eigenvalue weighted by Crippen LogP contribution is -2.31. The van der Waals surface area contributed by atoms with E-state index in [0.717, 1.165) is 23.5 Å². The van der Waals surface area contributed by atoms with E-state index < -0.39 is 0 Å². The lowest BCUT2D eigenvalue weighted by molar-refractivity contribution is -0.120. The van der Waals surface area contributed by atoms with E-state index >= 15 is 0 Å². The van der Waals surface area contributed by atoms with E-state index in [1.807, 2.05) is 30.8 Å². The van der Waals surface area contributed by atoms with E-state index in [-0.39, 0.29) is 11.9 Å². The minimum absolute atomic E-state index is 0.172. The highest BCUT2D eigenvalue weighted by atomic mass is 32.2. The summed E-state index contributed by atoms with van der Waals surface area (Å²) < 4.78 is 0. The van der Waals surface area contributed by atoms with Crippen molar-refractivity contribution < 1.29 is 4.79 Å². The Hall–Kier alpha value is -1.04. The molecule has 18 heavy (non-hydrogen) atoms. The molecule has 0 radical (unpaired) electrons. The van der Waals surface area contributed by atoms with E-state index in [1.54, 1.807) is 0 Å². The minimum Gasteiger partial charge on any atom is -0.328 e. The van der Waals surface area contributed by atoms with E-state index in [9.17, 15) is 4.79 Å². The van der Waals surface area contributed by atoms with Crippen molar-refractivity contribution in [3.05, 3.63) is 35.4 Å². The van der Waals surface area contributed by atoms with Gasteiger partial charge in [0.2, 0.25) is 5.91 Å². The van der Waals surface area contributed by atoms with Crippen LogP contribution in [0.15, 0.2) is 24.3 Å². The SMILES string of the molecule is CC(N)CCSCc1ccc(CC(=O)NN)cc1. The predicted octanol–water partition coefficient (Wildman–Crippen LogP) is 1.19. The van der Waals surface area contributed by atoms with Crippen LogP contribution in [-0.2, 0) is 17.0 Å². The van der Waals surface area contributed by atoms with Crippen LogP contribution in [0.5, 0.6) is 0 Å². The molecule has 5 heteroatoms. The first-order chi connectivity index (χ1) is 8.61. The molecule has 0 fully saturated rings. The van der Waals surface area contributed by atoms with E-state index in [1.165, 1.54) is 5.56 Å². The Labute approximate surface area is 112 Å². The van der Waals surface area contributed by atoms with Gasteiger partial charge in [0.1, 0.15) is 0 Å². The van der Waals surface area contributed by atoms with Crippen LogP contribution in [0.3, 0.4) is 0 Å². The summed E-state index contributed by atoms with van der Waals surface area (Å²) in [7, 11) is 0. The third kappa shape index (κ3) is 6.05. The van der Waals surface area contributed by atoms with E-state index in [0.29, 0.717) is 6.42 Å². The maximum Gasteiger partial charge on any atom is 0.238 e. The van der Waals surface area contributed by atoms with Crippen molar-refractivity contribution in [1.82, 2.24) is 5.43 Å². The Morgan fingerprint density at radius 3 is 2.50 bits per heavy atom. The van der Waals surface area contributed by atoms with Crippen molar-refractivity contribution in [2.45, 2.75) is 31.6 Å². The molecular formula is C13H21N3OS. The van der Waals surface area contributed by atoms with Gasteiger partial charge < -0.3 is 5.73 Å². The Kier molecular flexibility index (Phi) is 6.78. The van der Waals surface area contributed by atoms with Crippen LogP contribution >= 0.6 is 11.8 Å². The van der Waals surface area contributed by atoms with Gasteiger partial charge in [-0.15, -0.1) is 0 Å². The molecule has 5 N–H and O–H groups in total. The first-order valence-corrected chi connectivity index (χ1v) is 7.18. The lowest BCUT2D eigenvalue weighted by Gasteiger charge is -2.06. The van der Waals surface area contributed by atoms with Gasteiger partial charge in [0, 0.05) is 11.8 Å². The average Bonchev–Trinajstić information content (AvgIpc) is 2.36. The molecule has 1 aromatic rings. The number of nitrogens with two attached hydrogens (primary N) is 2. The van der Waals surface area contributed by atoms with Gasteiger partial charge in [0.05, 0.1) is 6.42 Å². The first kappa shape index (κ1) is 15.0. The van der Waals surface area contributed by atoms with Crippen LogP contribution in [0, 0.1) is 0 Å². The zero-order valence-corrected chi connectivity index (χ0v) is 11.5. The number of nitrogens with one attached hydrogen (secondary N) is 1. The van der Waals surface area contributed by atoms with Crippen LogP contribution in [0.4, 0.5) is 0 Å². The Bertz CT molecular complexity index is 365. The zero-order valence-electron chi connectivity index (χ0n) is 10.7. The second-order valence-corrected chi connectivity index (χ2v) is 5.48. The van der Waals surface area contributed by atoms with Gasteiger partial charge in [-0.05, 0) is 30.2 Å². The molecule has 0 saturated carbocycles. The zero-order chi connectivity index (χ0) is 13.4. The second-order valence-electron chi connectivity index (χ2n) is 4.38. The van der Waals surface area contributed by atoms with Crippen molar-refractivity contribution in [1.29, 1.82) is 0 Å². The van der Waals surface area contributed by atoms with Gasteiger partial charge in [0.25, 0.3) is 0 Å². The molecule has 1 aromatic carbocycles. The van der Waals surface area contributed by atoms with Gasteiger partial charge in [-0.25, -0.2) is 5.84 Å². The normalized spacial score (nSPS) is 12.2. The number of hydrogen-bond acceptors (Lipinski definition) is 4. The number of benzene rings is 1. The predicted molar refractivity (Wildman–Crippen MR) is 76.9 cm³/mol. The Balaban J connectivity index is 2.33. The summed E-state index contributed by atoms with van der Waals surface area (Å²) in [6.45, 7) is 2.03. The summed E-state index contributed by atoms with van der Waals surface area (Å²) in [5.41, 5.74) is 10.1. The first-order valence-electron chi connectivity index (χ1n) is 6.02. The number of carbonyl (C=O) groups excluding carboxylic acids is 1. The van der Waals surface area contributed by atoms with Gasteiger partial charge in [0.15, 0.2) is 0 Å². The van der Waals surface area contributed by atoms with Gasteiger partial charge in [-0.1, -0.05) is 24.3 Å². The molecule has 0 saturated heterocycles. The minimum atomic E-state index is -0.172. The van der Waals surface area contributed by atoms with Gasteiger partial charge in [-0.2, -0.15) is 11.8 Å². The molecular weight excluding hydrogens is 246 g/mol. The number of rotatable bonds is 7. The van der Waals surface area contributed by atoms with Crippen LogP contribution in [0.2, 0.25) is 0 Å². The molecule has 1 rings (SSSR count).